The third kappa shape index (κ3) is 2.45. The number of benzene rings is 1. The van der Waals surface area contributed by atoms with Crippen molar-refractivity contribution >= 4 is 17.5 Å². The standard InChI is InChI=1S/C12H11NO3S/c1-2-16-12(15)11-7-9(13-17-11)8-5-3-4-6-10(8)14/h3-7,14H,2H2,1H3. The van der Waals surface area contributed by atoms with Gasteiger partial charge in [0.2, 0.25) is 0 Å². The van der Waals surface area contributed by atoms with Gasteiger partial charge in [-0.15, -0.1) is 0 Å². The zero-order valence-electron chi connectivity index (χ0n) is 9.21. The fourth-order valence-electron chi connectivity index (χ4n) is 1.39. The Kier molecular flexibility index (Phi) is 3.39. The Morgan fingerprint density at radius 2 is 2.24 bits per heavy atom. The highest BCUT2D eigenvalue weighted by Gasteiger charge is 2.13. The molecule has 0 atom stereocenters. The maximum Gasteiger partial charge on any atom is 0.349 e. The zero-order valence-corrected chi connectivity index (χ0v) is 10.0. The summed E-state index contributed by atoms with van der Waals surface area (Å²) in [4.78, 5) is 11.9. The van der Waals surface area contributed by atoms with E-state index in [2.05, 4.69) is 4.37 Å². The minimum absolute atomic E-state index is 0.146. The second-order valence-corrected chi connectivity index (χ2v) is 4.12. The minimum Gasteiger partial charge on any atom is -0.507 e. The number of nitrogens with zero attached hydrogens (tertiary/aromatic N) is 1. The van der Waals surface area contributed by atoms with Crippen LogP contribution in [0.1, 0.15) is 16.6 Å². The first kappa shape index (κ1) is 11.6. The van der Waals surface area contributed by atoms with Crippen LogP contribution in [0.4, 0.5) is 0 Å². The van der Waals surface area contributed by atoms with Crippen LogP contribution in [-0.4, -0.2) is 22.1 Å². The summed E-state index contributed by atoms with van der Waals surface area (Å²) < 4.78 is 9.01. The van der Waals surface area contributed by atoms with Gasteiger partial charge in [0, 0.05) is 5.56 Å². The predicted octanol–water partition coefficient (Wildman–Crippen LogP) is 2.69. The molecular formula is C12H11NO3S. The Bertz CT molecular complexity index is 536. The molecule has 1 aromatic heterocycles. The van der Waals surface area contributed by atoms with Gasteiger partial charge in [0.05, 0.1) is 12.3 Å². The molecule has 0 aliphatic carbocycles. The summed E-state index contributed by atoms with van der Waals surface area (Å²) >= 11 is 1.07. The molecule has 1 heterocycles. The van der Waals surface area contributed by atoms with E-state index in [-0.39, 0.29) is 11.7 Å². The third-order valence-electron chi connectivity index (χ3n) is 2.17. The molecule has 0 aliphatic rings. The molecule has 0 unspecified atom stereocenters. The second kappa shape index (κ2) is 4.97. The Balaban J connectivity index is 2.30. The lowest BCUT2D eigenvalue weighted by Gasteiger charge is -1.99. The number of rotatable bonds is 3. The van der Waals surface area contributed by atoms with Gasteiger partial charge in [0.1, 0.15) is 10.6 Å². The highest BCUT2D eigenvalue weighted by atomic mass is 32.1. The van der Waals surface area contributed by atoms with E-state index in [0.717, 1.165) is 11.5 Å². The van der Waals surface area contributed by atoms with Gasteiger partial charge in [-0.1, -0.05) is 12.1 Å². The van der Waals surface area contributed by atoms with Crippen LogP contribution in [0, 0.1) is 0 Å². The average Bonchev–Trinajstić information content (AvgIpc) is 2.79. The summed E-state index contributed by atoms with van der Waals surface area (Å²) in [6, 6.07) is 8.49. The molecule has 0 amide bonds. The summed E-state index contributed by atoms with van der Waals surface area (Å²) in [7, 11) is 0. The number of hydrogen-bond acceptors (Lipinski definition) is 5. The fraction of sp³-hybridized carbons (Fsp3) is 0.167. The average molecular weight is 249 g/mol. The van der Waals surface area contributed by atoms with Crippen molar-refractivity contribution in [2.45, 2.75) is 6.92 Å². The summed E-state index contributed by atoms with van der Waals surface area (Å²) in [5.74, 6) is -0.236. The molecule has 1 aromatic carbocycles. The van der Waals surface area contributed by atoms with Gasteiger partial charge in [0.15, 0.2) is 0 Å². The Hall–Kier alpha value is -1.88. The first-order valence-electron chi connectivity index (χ1n) is 5.14. The quantitative estimate of drug-likeness (QED) is 0.850. The maximum atomic E-state index is 11.5. The van der Waals surface area contributed by atoms with Gasteiger partial charge in [0.25, 0.3) is 0 Å². The number of aromatic nitrogens is 1. The lowest BCUT2D eigenvalue weighted by Crippen LogP contribution is -2.01. The first-order chi connectivity index (χ1) is 8.22. The summed E-state index contributed by atoms with van der Waals surface area (Å²) in [5, 5.41) is 9.66. The summed E-state index contributed by atoms with van der Waals surface area (Å²) in [6.45, 7) is 2.09. The van der Waals surface area contributed by atoms with E-state index in [0.29, 0.717) is 22.7 Å². The molecule has 0 spiro atoms. The number of ether oxygens (including phenoxy) is 1. The first-order valence-corrected chi connectivity index (χ1v) is 5.92. The van der Waals surface area contributed by atoms with Gasteiger partial charge in [-0.25, -0.2) is 4.79 Å². The van der Waals surface area contributed by atoms with Gasteiger partial charge < -0.3 is 9.84 Å². The van der Waals surface area contributed by atoms with Crippen LogP contribution in [0.2, 0.25) is 0 Å². The molecule has 0 fully saturated rings. The zero-order chi connectivity index (χ0) is 12.3. The summed E-state index contributed by atoms with van der Waals surface area (Å²) in [5.41, 5.74) is 1.19. The van der Waals surface area contributed by atoms with Gasteiger partial charge >= 0.3 is 5.97 Å². The third-order valence-corrected chi connectivity index (χ3v) is 2.94. The molecule has 1 N–H and O–H groups in total. The predicted molar refractivity (Wildman–Crippen MR) is 65.2 cm³/mol. The van der Waals surface area contributed by atoms with E-state index in [1.807, 2.05) is 0 Å². The number of carbonyl (C=O) groups excluding carboxylic acids is 1. The molecule has 4 nitrogen and oxygen atoms in total. The maximum absolute atomic E-state index is 11.5. The van der Waals surface area contributed by atoms with Gasteiger partial charge in [-0.05, 0) is 36.7 Å². The Morgan fingerprint density at radius 1 is 1.47 bits per heavy atom. The van der Waals surface area contributed by atoms with Crippen molar-refractivity contribution in [3.05, 3.63) is 35.2 Å². The molecule has 0 saturated heterocycles. The van der Waals surface area contributed by atoms with Crippen LogP contribution in [-0.2, 0) is 4.74 Å². The molecule has 0 aliphatic heterocycles. The molecule has 88 valence electrons. The van der Waals surface area contributed by atoms with Crippen LogP contribution in [0.3, 0.4) is 0 Å². The molecule has 2 rings (SSSR count). The molecule has 0 radical (unpaired) electrons. The van der Waals surface area contributed by atoms with Crippen molar-refractivity contribution in [1.29, 1.82) is 0 Å². The van der Waals surface area contributed by atoms with Crippen LogP contribution >= 0.6 is 11.5 Å². The second-order valence-electron chi connectivity index (χ2n) is 3.31. The minimum atomic E-state index is -0.383. The molecule has 0 saturated carbocycles. The van der Waals surface area contributed by atoms with E-state index >= 15 is 0 Å². The fourth-order valence-corrected chi connectivity index (χ4v) is 2.04. The molecule has 5 heteroatoms. The highest BCUT2D eigenvalue weighted by molar-refractivity contribution is 7.08. The monoisotopic (exact) mass is 249 g/mol. The SMILES string of the molecule is CCOC(=O)c1cc(-c2ccccc2O)ns1. The van der Waals surface area contributed by atoms with Gasteiger partial charge in [-0.3, -0.25) is 0 Å². The van der Waals surface area contributed by atoms with Crippen molar-refractivity contribution < 1.29 is 14.6 Å². The number of carbonyl (C=O) groups is 1. The van der Waals surface area contributed by atoms with E-state index in [1.54, 1.807) is 37.3 Å². The number of para-hydroxylation sites is 1. The van der Waals surface area contributed by atoms with E-state index in [9.17, 15) is 9.90 Å². The van der Waals surface area contributed by atoms with Crippen molar-refractivity contribution in [2.75, 3.05) is 6.61 Å². The molecule has 2 aromatic rings. The van der Waals surface area contributed by atoms with E-state index in [4.69, 9.17) is 4.74 Å². The number of phenolic OH excluding ortho intramolecular Hbond substituents is 1. The smallest absolute Gasteiger partial charge is 0.349 e. The van der Waals surface area contributed by atoms with Crippen LogP contribution in [0.25, 0.3) is 11.3 Å². The molecule has 17 heavy (non-hydrogen) atoms. The van der Waals surface area contributed by atoms with Crippen molar-refractivity contribution in [3.63, 3.8) is 0 Å². The lowest BCUT2D eigenvalue weighted by molar-refractivity contribution is 0.0532. The van der Waals surface area contributed by atoms with Crippen molar-refractivity contribution in [1.82, 2.24) is 4.37 Å². The summed E-state index contributed by atoms with van der Waals surface area (Å²) in [6.07, 6.45) is 0. The normalized spacial score (nSPS) is 10.2. The van der Waals surface area contributed by atoms with Crippen LogP contribution in [0.5, 0.6) is 5.75 Å². The topological polar surface area (TPSA) is 59.4 Å². The molecular weight excluding hydrogens is 238 g/mol. The number of phenols is 1. The van der Waals surface area contributed by atoms with Crippen molar-refractivity contribution in [3.8, 4) is 17.0 Å². The number of hydrogen-bond donors (Lipinski definition) is 1. The number of aromatic hydroxyl groups is 1. The van der Waals surface area contributed by atoms with E-state index < -0.39 is 0 Å². The van der Waals surface area contributed by atoms with Crippen molar-refractivity contribution in [2.24, 2.45) is 0 Å². The van der Waals surface area contributed by atoms with Gasteiger partial charge in [-0.2, -0.15) is 4.37 Å². The Morgan fingerprint density at radius 3 is 2.94 bits per heavy atom. The van der Waals surface area contributed by atoms with Crippen LogP contribution in [0.15, 0.2) is 30.3 Å². The molecule has 0 bridgehead atoms. The highest BCUT2D eigenvalue weighted by Crippen LogP contribution is 2.29. The lowest BCUT2D eigenvalue weighted by atomic mass is 10.1. The Labute approximate surface area is 103 Å². The van der Waals surface area contributed by atoms with E-state index in [1.165, 1.54) is 0 Å². The number of esters is 1. The largest absolute Gasteiger partial charge is 0.507 e. The van der Waals surface area contributed by atoms with Crippen LogP contribution < -0.4 is 0 Å².